The second kappa shape index (κ2) is 5.06. The molecule has 0 aliphatic heterocycles. The molecule has 2 aromatic rings. The molecule has 0 radical (unpaired) electrons. The highest BCUT2D eigenvalue weighted by Crippen LogP contribution is 2.52. The molecule has 2 aliphatic rings. The van der Waals surface area contributed by atoms with Gasteiger partial charge in [0.2, 0.25) is 0 Å². The normalized spacial score (nSPS) is 24.5. The molecule has 1 heterocycles. The number of nitrogens with two attached hydrogens (primary N) is 1. The third kappa shape index (κ3) is 2.44. The zero-order valence-electron chi connectivity index (χ0n) is 12.6. The number of hydrogen-bond acceptors (Lipinski definition) is 3. The SMILES string of the molecule is CCc1cc2c([C@@H]3C[C@H]3CN)c(OCC3CC3)ccc2o1. The molecule has 4 rings (SSSR count). The van der Waals surface area contributed by atoms with Crippen molar-refractivity contribution in [2.45, 2.75) is 38.5 Å². The largest absolute Gasteiger partial charge is 0.493 e. The lowest BCUT2D eigenvalue weighted by molar-refractivity contribution is 0.297. The van der Waals surface area contributed by atoms with Crippen LogP contribution in [0.3, 0.4) is 0 Å². The number of aryl methyl sites for hydroxylation is 1. The molecule has 2 N–H and O–H groups in total. The van der Waals surface area contributed by atoms with Crippen molar-refractivity contribution in [3.05, 3.63) is 29.5 Å². The Kier molecular flexibility index (Phi) is 3.18. The maximum atomic E-state index is 6.12. The van der Waals surface area contributed by atoms with Gasteiger partial charge in [-0.05, 0) is 61.8 Å². The zero-order chi connectivity index (χ0) is 14.4. The first-order valence-corrected chi connectivity index (χ1v) is 8.18. The summed E-state index contributed by atoms with van der Waals surface area (Å²) in [6.07, 6.45) is 4.75. The fourth-order valence-corrected chi connectivity index (χ4v) is 3.20. The molecule has 0 amide bonds. The van der Waals surface area contributed by atoms with Gasteiger partial charge in [-0.25, -0.2) is 0 Å². The smallest absolute Gasteiger partial charge is 0.134 e. The fourth-order valence-electron chi connectivity index (χ4n) is 3.20. The maximum absolute atomic E-state index is 6.12. The van der Waals surface area contributed by atoms with Crippen molar-refractivity contribution in [3.8, 4) is 5.75 Å². The van der Waals surface area contributed by atoms with Crippen LogP contribution >= 0.6 is 0 Å². The molecule has 1 aromatic heterocycles. The zero-order valence-corrected chi connectivity index (χ0v) is 12.6. The third-order valence-corrected chi connectivity index (χ3v) is 4.87. The molecule has 2 aliphatic carbocycles. The van der Waals surface area contributed by atoms with Crippen LogP contribution in [-0.2, 0) is 6.42 Å². The van der Waals surface area contributed by atoms with Gasteiger partial charge in [-0.15, -0.1) is 0 Å². The van der Waals surface area contributed by atoms with Crippen LogP contribution in [0.15, 0.2) is 22.6 Å². The van der Waals surface area contributed by atoms with E-state index < -0.39 is 0 Å². The highest BCUT2D eigenvalue weighted by Gasteiger charge is 2.40. The van der Waals surface area contributed by atoms with Gasteiger partial charge >= 0.3 is 0 Å². The summed E-state index contributed by atoms with van der Waals surface area (Å²) < 4.78 is 12.0. The Hall–Kier alpha value is -1.48. The molecule has 1 aromatic carbocycles. The van der Waals surface area contributed by atoms with Crippen LogP contribution in [0.25, 0.3) is 11.0 Å². The molecular weight excluding hydrogens is 262 g/mol. The van der Waals surface area contributed by atoms with E-state index in [1.165, 1.54) is 30.2 Å². The van der Waals surface area contributed by atoms with Gasteiger partial charge in [-0.1, -0.05) is 6.92 Å². The Morgan fingerprint density at radius 1 is 1.33 bits per heavy atom. The molecule has 3 heteroatoms. The van der Waals surface area contributed by atoms with Crippen LogP contribution in [0.2, 0.25) is 0 Å². The summed E-state index contributed by atoms with van der Waals surface area (Å²) in [6.45, 7) is 3.75. The first kappa shape index (κ1) is 13.2. The topological polar surface area (TPSA) is 48.4 Å². The van der Waals surface area contributed by atoms with Crippen LogP contribution in [0.5, 0.6) is 5.75 Å². The molecule has 2 atom stereocenters. The third-order valence-electron chi connectivity index (χ3n) is 4.87. The van der Waals surface area contributed by atoms with Crippen molar-refractivity contribution in [2.75, 3.05) is 13.2 Å². The van der Waals surface area contributed by atoms with Crippen molar-refractivity contribution in [1.29, 1.82) is 0 Å². The standard InChI is InChI=1S/C18H23NO2/c1-2-13-8-15-16(21-13)5-6-17(20-10-11-3-4-11)18(15)14-7-12(14)9-19/h5-6,8,11-12,14H,2-4,7,9-10,19H2,1H3/t12-,14+/m0/s1. The van der Waals surface area contributed by atoms with Crippen LogP contribution in [0.4, 0.5) is 0 Å². The second-order valence-electron chi connectivity index (χ2n) is 6.55. The number of fused-ring (bicyclic) bond motifs is 1. The highest BCUT2D eigenvalue weighted by atomic mass is 16.5. The fraction of sp³-hybridized carbons (Fsp3) is 0.556. The van der Waals surface area contributed by atoms with Gasteiger partial charge in [0.25, 0.3) is 0 Å². The Bertz CT molecular complexity index is 657. The minimum atomic E-state index is 0.551. The van der Waals surface area contributed by atoms with E-state index in [1.807, 2.05) is 0 Å². The van der Waals surface area contributed by atoms with Gasteiger partial charge in [0.05, 0.1) is 6.61 Å². The number of ether oxygens (including phenoxy) is 1. The van der Waals surface area contributed by atoms with Crippen molar-refractivity contribution in [3.63, 3.8) is 0 Å². The van der Waals surface area contributed by atoms with Crippen molar-refractivity contribution < 1.29 is 9.15 Å². The number of hydrogen-bond donors (Lipinski definition) is 1. The van der Waals surface area contributed by atoms with Crippen LogP contribution in [0, 0.1) is 11.8 Å². The lowest BCUT2D eigenvalue weighted by Gasteiger charge is -2.12. The minimum Gasteiger partial charge on any atom is -0.493 e. The Balaban J connectivity index is 1.73. The number of furan rings is 1. The van der Waals surface area contributed by atoms with Crippen molar-refractivity contribution in [1.82, 2.24) is 0 Å². The molecule has 2 saturated carbocycles. The van der Waals surface area contributed by atoms with E-state index >= 15 is 0 Å². The summed E-state index contributed by atoms with van der Waals surface area (Å²) >= 11 is 0. The quantitative estimate of drug-likeness (QED) is 0.877. The van der Waals surface area contributed by atoms with Gasteiger partial charge in [-0.2, -0.15) is 0 Å². The van der Waals surface area contributed by atoms with Crippen LogP contribution in [-0.4, -0.2) is 13.2 Å². The van der Waals surface area contributed by atoms with Crippen molar-refractivity contribution >= 4 is 11.0 Å². The summed E-state index contributed by atoms with van der Waals surface area (Å²) in [7, 11) is 0. The van der Waals surface area contributed by atoms with Gasteiger partial charge in [0.15, 0.2) is 0 Å². The molecule has 0 bridgehead atoms. The second-order valence-corrected chi connectivity index (χ2v) is 6.55. The molecule has 0 unspecified atom stereocenters. The summed E-state index contributed by atoms with van der Waals surface area (Å²) in [5, 5.41) is 1.24. The first-order valence-electron chi connectivity index (χ1n) is 8.18. The predicted molar refractivity (Wildman–Crippen MR) is 83.7 cm³/mol. The van der Waals surface area contributed by atoms with E-state index in [1.54, 1.807) is 0 Å². The van der Waals surface area contributed by atoms with Gasteiger partial charge < -0.3 is 14.9 Å². The molecule has 0 spiro atoms. The Morgan fingerprint density at radius 3 is 2.86 bits per heavy atom. The van der Waals surface area contributed by atoms with Crippen molar-refractivity contribution in [2.24, 2.45) is 17.6 Å². The molecule has 21 heavy (non-hydrogen) atoms. The maximum Gasteiger partial charge on any atom is 0.134 e. The summed E-state index contributed by atoms with van der Waals surface area (Å²) in [5.74, 6) is 4.04. The van der Waals surface area contributed by atoms with Gasteiger partial charge in [0.1, 0.15) is 17.1 Å². The summed E-state index contributed by atoms with van der Waals surface area (Å²) in [4.78, 5) is 0. The number of rotatable bonds is 6. The first-order chi connectivity index (χ1) is 10.3. The van der Waals surface area contributed by atoms with E-state index in [4.69, 9.17) is 14.9 Å². The van der Waals surface area contributed by atoms with E-state index in [9.17, 15) is 0 Å². The minimum absolute atomic E-state index is 0.551. The van der Waals surface area contributed by atoms with Crippen LogP contribution in [0.1, 0.15) is 43.4 Å². The lowest BCUT2D eigenvalue weighted by Crippen LogP contribution is -2.05. The monoisotopic (exact) mass is 285 g/mol. The average Bonchev–Trinajstić information content (AvgIpc) is 3.41. The lowest BCUT2D eigenvalue weighted by atomic mass is 10.0. The van der Waals surface area contributed by atoms with Gasteiger partial charge in [-0.3, -0.25) is 0 Å². The Labute approximate surface area is 125 Å². The highest BCUT2D eigenvalue weighted by molar-refractivity contribution is 5.85. The predicted octanol–water partition coefficient (Wildman–Crippen LogP) is 3.85. The Morgan fingerprint density at radius 2 is 2.19 bits per heavy atom. The average molecular weight is 285 g/mol. The van der Waals surface area contributed by atoms with Gasteiger partial charge in [0, 0.05) is 17.4 Å². The van der Waals surface area contributed by atoms with E-state index in [2.05, 4.69) is 25.1 Å². The van der Waals surface area contributed by atoms with E-state index in [0.717, 1.165) is 42.6 Å². The number of benzene rings is 1. The molecule has 3 nitrogen and oxygen atoms in total. The van der Waals surface area contributed by atoms with E-state index in [-0.39, 0.29) is 0 Å². The molecule has 112 valence electrons. The van der Waals surface area contributed by atoms with Crippen LogP contribution < -0.4 is 10.5 Å². The summed E-state index contributed by atoms with van der Waals surface area (Å²) in [6, 6.07) is 6.34. The van der Waals surface area contributed by atoms with E-state index in [0.29, 0.717) is 11.8 Å². The molecule has 2 fully saturated rings. The molecular formula is C18H23NO2. The molecule has 0 saturated heterocycles. The summed E-state index contributed by atoms with van der Waals surface area (Å²) in [5.41, 5.74) is 8.18.